The molecule has 0 saturated carbocycles. The zero-order valence-electron chi connectivity index (χ0n) is 9.61. The van der Waals surface area contributed by atoms with Crippen LogP contribution >= 0.6 is 0 Å². The summed E-state index contributed by atoms with van der Waals surface area (Å²) in [6.45, 7) is 2.32. The fourth-order valence-corrected chi connectivity index (χ4v) is 1.56. The van der Waals surface area contributed by atoms with E-state index >= 15 is 0 Å². The van der Waals surface area contributed by atoms with Gasteiger partial charge in [-0.2, -0.15) is 0 Å². The minimum absolute atomic E-state index is 0.311. The zero-order valence-corrected chi connectivity index (χ0v) is 9.61. The highest BCUT2D eigenvalue weighted by atomic mass is 19.1. The molecule has 2 aromatic rings. The van der Waals surface area contributed by atoms with Gasteiger partial charge >= 0.3 is 0 Å². The van der Waals surface area contributed by atoms with Crippen molar-refractivity contribution in [3.05, 3.63) is 59.4 Å². The van der Waals surface area contributed by atoms with Crippen LogP contribution in [0.4, 0.5) is 10.1 Å². The summed E-state index contributed by atoms with van der Waals surface area (Å²) >= 11 is 0. The van der Waals surface area contributed by atoms with Gasteiger partial charge < -0.3 is 10.5 Å². The summed E-state index contributed by atoms with van der Waals surface area (Å²) < 4.78 is 18.6. The Hall–Kier alpha value is -2.03. The Morgan fingerprint density at radius 1 is 1.12 bits per heavy atom. The molecule has 88 valence electrons. The van der Waals surface area contributed by atoms with Gasteiger partial charge in [0.15, 0.2) is 0 Å². The van der Waals surface area contributed by atoms with Crippen molar-refractivity contribution >= 4 is 5.69 Å². The number of anilines is 1. The van der Waals surface area contributed by atoms with Crippen LogP contribution in [0.5, 0.6) is 5.75 Å². The normalized spacial score (nSPS) is 10.2. The molecular formula is C14H14FNO. The van der Waals surface area contributed by atoms with Crippen LogP contribution in [0.3, 0.4) is 0 Å². The fraction of sp³-hybridized carbons (Fsp3) is 0.143. The highest BCUT2D eigenvalue weighted by Crippen LogP contribution is 2.16. The monoisotopic (exact) mass is 231 g/mol. The molecule has 17 heavy (non-hydrogen) atoms. The molecule has 0 saturated heterocycles. The van der Waals surface area contributed by atoms with Crippen LogP contribution in [0.15, 0.2) is 42.5 Å². The number of benzene rings is 2. The summed E-state index contributed by atoms with van der Waals surface area (Å²) in [5.74, 6) is 0.422. The molecule has 0 aliphatic carbocycles. The average molecular weight is 231 g/mol. The molecule has 0 unspecified atom stereocenters. The summed E-state index contributed by atoms with van der Waals surface area (Å²) in [5.41, 5.74) is 7.86. The van der Waals surface area contributed by atoms with Crippen LogP contribution in [0.2, 0.25) is 0 Å². The van der Waals surface area contributed by atoms with Gasteiger partial charge in [0.25, 0.3) is 0 Å². The molecule has 0 atom stereocenters. The molecule has 0 aliphatic rings. The minimum atomic E-state index is -0.340. The Morgan fingerprint density at radius 3 is 2.47 bits per heavy atom. The van der Waals surface area contributed by atoms with Crippen molar-refractivity contribution in [2.75, 3.05) is 5.73 Å². The van der Waals surface area contributed by atoms with E-state index in [1.54, 1.807) is 6.07 Å². The van der Waals surface area contributed by atoms with Crippen molar-refractivity contribution in [3.8, 4) is 5.75 Å². The minimum Gasteiger partial charge on any atom is -0.489 e. The Balaban J connectivity index is 2.04. The van der Waals surface area contributed by atoms with E-state index in [1.165, 1.54) is 17.7 Å². The fourth-order valence-electron chi connectivity index (χ4n) is 1.56. The first-order valence-corrected chi connectivity index (χ1v) is 5.38. The predicted molar refractivity (Wildman–Crippen MR) is 66.3 cm³/mol. The maximum atomic E-state index is 13.1. The first-order chi connectivity index (χ1) is 8.13. The zero-order chi connectivity index (χ0) is 12.3. The molecular weight excluding hydrogens is 217 g/mol. The van der Waals surface area contributed by atoms with Crippen molar-refractivity contribution in [1.29, 1.82) is 0 Å². The van der Waals surface area contributed by atoms with Crippen molar-refractivity contribution in [1.82, 2.24) is 0 Å². The van der Waals surface area contributed by atoms with Crippen molar-refractivity contribution in [2.45, 2.75) is 13.5 Å². The van der Waals surface area contributed by atoms with Gasteiger partial charge in [0, 0.05) is 5.69 Å². The van der Waals surface area contributed by atoms with E-state index in [9.17, 15) is 4.39 Å². The SMILES string of the molecule is Cc1ccc(OCc2cc(N)cc(F)c2)cc1. The molecule has 2 N–H and O–H groups in total. The highest BCUT2D eigenvalue weighted by molar-refractivity contribution is 5.41. The number of nitrogens with two attached hydrogens (primary N) is 1. The van der Waals surface area contributed by atoms with Crippen LogP contribution in [0.25, 0.3) is 0 Å². The lowest BCUT2D eigenvalue weighted by molar-refractivity contribution is 0.305. The molecule has 0 spiro atoms. The molecule has 0 heterocycles. The summed E-state index contributed by atoms with van der Waals surface area (Å²) in [6, 6.07) is 12.1. The standard InChI is InChI=1S/C14H14FNO/c1-10-2-4-14(5-3-10)17-9-11-6-12(15)8-13(16)7-11/h2-8H,9,16H2,1H3. The first kappa shape index (κ1) is 11.5. The van der Waals surface area contributed by atoms with E-state index in [0.717, 1.165) is 11.3 Å². The van der Waals surface area contributed by atoms with Crippen molar-refractivity contribution in [3.63, 3.8) is 0 Å². The van der Waals surface area contributed by atoms with Gasteiger partial charge in [-0.15, -0.1) is 0 Å². The third-order valence-corrected chi connectivity index (χ3v) is 2.41. The van der Waals surface area contributed by atoms with E-state index in [4.69, 9.17) is 10.5 Å². The lowest BCUT2D eigenvalue weighted by Crippen LogP contribution is -1.98. The maximum absolute atomic E-state index is 13.1. The third-order valence-electron chi connectivity index (χ3n) is 2.41. The van der Waals surface area contributed by atoms with E-state index in [-0.39, 0.29) is 5.82 Å². The van der Waals surface area contributed by atoms with Crippen molar-refractivity contribution < 1.29 is 9.13 Å². The van der Waals surface area contributed by atoms with Crippen LogP contribution in [0.1, 0.15) is 11.1 Å². The molecule has 0 amide bonds. The lowest BCUT2D eigenvalue weighted by atomic mass is 10.2. The van der Waals surface area contributed by atoms with E-state index < -0.39 is 0 Å². The van der Waals surface area contributed by atoms with Gasteiger partial charge in [0.05, 0.1) is 0 Å². The van der Waals surface area contributed by atoms with Crippen LogP contribution in [-0.2, 0) is 6.61 Å². The number of halogens is 1. The largest absolute Gasteiger partial charge is 0.489 e. The molecule has 0 bridgehead atoms. The average Bonchev–Trinajstić information content (AvgIpc) is 2.27. The van der Waals surface area contributed by atoms with Crippen LogP contribution < -0.4 is 10.5 Å². The van der Waals surface area contributed by atoms with Gasteiger partial charge in [-0.1, -0.05) is 17.7 Å². The third kappa shape index (κ3) is 3.21. The Labute approximate surface area is 99.8 Å². The molecule has 2 aromatic carbocycles. The Kier molecular flexibility index (Phi) is 3.28. The van der Waals surface area contributed by atoms with Gasteiger partial charge in [-0.3, -0.25) is 0 Å². The molecule has 0 fully saturated rings. The summed E-state index contributed by atoms with van der Waals surface area (Å²) in [6.07, 6.45) is 0. The molecule has 2 rings (SSSR count). The smallest absolute Gasteiger partial charge is 0.125 e. The number of hydrogen-bond donors (Lipinski definition) is 1. The first-order valence-electron chi connectivity index (χ1n) is 5.38. The summed E-state index contributed by atoms with van der Waals surface area (Å²) in [5, 5.41) is 0. The molecule has 2 nitrogen and oxygen atoms in total. The topological polar surface area (TPSA) is 35.2 Å². The Bertz CT molecular complexity index is 488. The lowest BCUT2D eigenvalue weighted by Gasteiger charge is -2.07. The van der Waals surface area contributed by atoms with E-state index in [1.807, 2.05) is 31.2 Å². The molecule has 0 aliphatic heterocycles. The summed E-state index contributed by atoms with van der Waals surface area (Å²) in [4.78, 5) is 0. The van der Waals surface area contributed by atoms with Gasteiger partial charge in [0.1, 0.15) is 18.2 Å². The summed E-state index contributed by atoms with van der Waals surface area (Å²) in [7, 11) is 0. The second-order valence-corrected chi connectivity index (χ2v) is 3.99. The quantitative estimate of drug-likeness (QED) is 0.822. The van der Waals surface area contributed by atoms with Gasteiger partial charge in [0.2, 0.25) is 0 Å². The number of nitrogen functional groups attached to an aromatic ring is 1. The molecule has 0 aromatic heterocycles. The van der Waals surface area contributed by atoms with E-state index in [0.29, 0.717) is 12.3 Å². The number of aryl methyl sites for hydroxylation is 1. The Morgan fingerprint density at radius 2 is 1.82 bits per heavy atom. The number of rotatable bonds is 3. The van der Waals surface area contributed by atoms with Crippen molar-refractivity contribution in [2.24, 2.45) is 0 Å². The second-order valence-electron chi connectivity index (χ2n) is 3.99. The number of ether oxygens (including phenoxy) is 1. The van der Waals surface area contributed by atoms with Gasteiger partial charge in [-0.25, -0.2) is 4.39 Å². The van der Waals surface area contributed by atoms with E-state index in [2.05, 4.69) is 0 Å². The molecule has 3 heteroatoms. The highest BCUT2D eigenvalue weighted by Gasteiger charge is 2.00. The maximum Gasteiger partial charge on any atom is 0.125 e. The van der Waals surface area contributed by atoms with Crippen LogP contribution in [-0.4, -0.2) is 0 Å². The van der Waals surface area contributed by atoms with Crippen LogP contribution in [0, 0.1) is 12.7 Å². The number of hydrogen-bond acceptors (Lipinski definition) is 2. The predicted octanol–water partition coefficient (Wildman–Crippen LogP) is 3.30. The van der Waals surface area contributed by atoms with Gasteiger partial charge in [-0.05, 0) is 42.8 Å². The second kappa shape index (κ2) is 4.87. The molecule has 0 radical (unpaired) electrons.